The molecular formula is C21H32N2O2. The number of β-amino-alcohol motifs (C(OH)–C–C–N with tert-alkyl or cyclic N) is 1. The Morgan fingerprint density at radius 2 is 1.96 bits per heavy atom. The van der Waals surface area contributed by atoms with Gasteiger partial charge in [-0.2, -0.15) is 0 Å². The smallest absolute Gasteiger partial charge is 0.229 e. The Morgan fingerprint density at radius 3 is 2.64 bits per heavy atom. The molecule has 3 rings (SSSR count). The fourth-order valence-corrected chi connectivity index (χ4v) is 3.96. The molecule has 0 aliphatic carbocycles. The summed E-state index contributed by atoms with van der Waals surface area (Å²) in [6.07, 6.45) is 3.98. The third-order valence-corrected chi connectivity index (χ3v) is 5.67. The van der Waals surface area contributed by atoms with E-state index in [2.05, 4.69) is 17.9 Å². The van der Waals surface area contributed by atoms with Crippen LogP contribution < -0.4 is 4.90 Å². The molecule has 1 atom stereocenters. The summed E-state index contributed by atoms with van der Waals surface area (Å²) in [7, 11) is 0. The first-order valence-corrected chi connectivity index (χ1v) is 9.80. The molecule has 0 bridgehead atoms. The van der Waals surface area contributed by atoms with Gasteiger partial charge in [0.25, 0.3) is 0 Å². The number of carbonyl (C=O) groups is 1. The van der Waals surface area contributed by atoms with Crippen LogP contribution in [0.25, 0.3) is 0 Å². The van der Waals surface area contributed by atoms with Crippen LogP contribution in [0.1, 0.15) is 57.3 Å². The van der Waals surface area contributed by atoms with Gasteiger partial charge in [-0.1, -0.05) is 32.9 Å². The molecule has 4 heteroatoms. The van der Waals surface area contributed by atoms with Gasteiger partial charge in [-0.15, -0.1) is 0 Å². The van der Waals surface area contributed by atoms with E-state index in [1.807, 2.05) is 30.9 Å². The van der Waals surface area contributed by atoms with E-state index in [0.717, 1.165) is 49.6 Å². The summed E-state index contributed by atoms with van der Waals surface area (Å²) in [5.41, 5.74) is 3.22. The van der Waals surface area contributed by atoms with Gasteiger partial charge < -0.3 is 14.9 Å². The van der Waals surface area contributed by atoms with Gasteiger partial charge in [-0.3, -0.25) is 4.79 Å². The lowest BCUT2D eigenvalue weighted by Gasteiger charge is -2.33. The van der Waals surface area contributed by atoms with E-state index in [1.165, 1.54) is 18.4 Å². The molecule has 0 aromatic heterocycles. The Kier molecular flexibility index (Phi) is 5.80. The molecule has 2 heterocycles. The minimum absolute atomic E-state index is 0.0118. The van der Waals surface area contributed by atoms with Crippen molar-refractivity contribution in [2.24, 2.45) is 11.8 Å². The molecular weight excluding hydrogens is 312 g/mol. The Hall–Kier alpha value is -1.39. The van der Waals surface area contributed by atoms with Crippen LogP contribution in [0.5, 0.6) is 0 Å². The van der Waals surface area contributed by atoms with Crippen molar-refractivity contribution in [3.63, 3.8) is 0 Å². The van der Waals surface area contributed by atoms with Crippen molar-refractivity contribution in [2.45, 2.75) is 52.6 Å². The van der Waals surface area contributed by atoms with Crippen molar-refractivity contribution >= 4 is 11.6 Å². The molecule has 0 spiro atoms. The molecule has 1 N–H and O–H groups in total. The number of hydrogen-bond acceptors (Lipinski definition) is 3. The molecule has 1 fully saturated rings. The Balaban J connectivity index is 1.71. The molecule has 0 saturated carbocycles. The van der Waals surface area contributed by atoms with Crippen molar-refractivity contribution < 1.29 is 9.90 Å². The summed E-state index contributed by atoms with van der Waals surface area (Å²) in [6.45, 7) is 9.89. The summed E-state index contributed by atoms with van der Waals surface area (Å²) >= 11 is 0. The summed E-state index contributed by atoms with van der Waals surface area (Å²) in [4.78, 5) is 16.7. The van der Waals surface area contributed by atoms with Crippen LogP contribution in [0.3, 0.4) is 0 Å². The highest BCUT2D eigenvalue weighted by atomic mass is 16.3. The number of amides is 1. The number of likely N-dealkylation sites (tertiary alicyclic amines) is 1. The fraction of sp³-hybridized carbons (Fsp3) is 0.667. The van der Waals surface area contributed by atoms with Gasteiger partial charge in [0.15, 0.2) is 0 Å². The van der Waals surface area contributed by atoms with Gasteiger partial charge in [0.05, 0.1) is 6.10 Å². The minimum atomic E-state index is -0.449. The average molecular weight is 344 g/mol. The molecule has 1 aromatic rings. The van der Waals surface area contributed by atoms with Crippen molar-refractivity contribution in [1.29, 1.82) is 0 Å². The van der Waals surface area contributed by atoms with Crippen LogP contribution in [0.15, 0.2) is 18.2 Å². The summed E-state index contributed by atoms with van der Waals surface area (Å²) in [6, 6.07) is 6.15. The number of anilines is 1. The number of rotatable bonds is 4. The lowest BCUT2D eigenvalue weighted by molar-refractivity contribution is -0.121. The normalized spacial score (nSPS) is 20.6. The molecule has 0 radical (unpaired) electrons. The number of aliphatic hydroxyl groups is 1. The first kappa shape index (κ1) is 18.4. The van der Waals surface area contributed by atoms with Crippen molar-refractivity contribution in [2.75, 3.05) is 31.1 Å². The van der Waals surface area contributed by atoms with E-state index in [9.17, 15) is 9.90 Å². The van der Waals surface area contributed by atoms with Crippen LogP contribution in [-0.4, -0.2) is 42.1 Å². The third kappa shape index (κ3) is 4.24. The zero-order valence-corrected chi connectivity index (χ0v) is 15.9. The van der Waals surface area contributed by atoms with Crippen LogP contribution in [0, 0.1) is 11.8 Å². The maximum Gasteiger partial charge on any atom is 0.229 e. The highest BCUT2D eigenvalue weighted by molar-refractivity contribution is 5.95. The number of carbonyl (C=O) groups excluding carboxylic acids is 1. The standard InChI is InChI=1S/C21H32N2O2/c1-15(2)21(25)23-10-4-5-17-13-18(6-7-19(17)23)20(24)14-22-11-8-16(3)9-12-22/h6-7,13,15-16,20,24H,4-5,8-12,14H2,1-3H3. The summed E-state index contributed by atoms with van der Waals surface area (Å²) < 4.78 is 0. The van der Waals surface area contributed by atoms with E-state index >= 15 is 0 Å². The van der Waals surface area contributed by atoms with Gasteiger partial charge in [-0.05, 0) is 61.9 Å². The Morgan fingerprint density at radius 1 is 1.24 bits per heavy atom. The van der Waals surface area contributed by atoms with Gasteiger partial charge >= 0.3 is 0 Å². The second-order valence-electron chi connectivity index (χ2n) is 8.14. The SMILES string of the molecule is CC1CCN(CC(O)c2ccc3c(c2)CCCN3C(=O)C(C)C)CC1. The largest absolute Gasteiger partial charge is 0.387 e. The highest BCUT2D eigenvalue weighted by Crippen LogP contribution is 2.31. The van der Waals surface area contributed by atoms with Gasteiger partial charge in [-0.25, -0.2) is 0 Å². The summed E-state index contributed by atoms with van der Waals surface area (Å²) in [5, 5.41) is 10.7. The number of nitrogens with zero attached hydrogens (tertiary/aromatic N) is 2. The molecule has 1 saturated heterocycles. The van der Waals surface area contributed by atoms with E-state index in [1.54, 1.807) is 0 Å². The molecule has 2 aliphatic heterocycles. The zero-order chi connectivity index (χ0) is 18.0. The number of hydrogen-bond donors (Lipinski definition) is 1. The number of fused-ring (bicyclic) bond motifs is 1. The average Bonchev–Trinajstić information content (AvgIpc) is 2.61. The zero-order valence-electron chi connectivity index (χ0n) is 15.9. The van der Waals surface area contributed by atoms with E-state index in [0.29, 0.717) is 6.54 Å². The first-order valence-electron chi connectivity index (χ1n) is 9.80. The molecule has 138 valence electrons. The number of aliphatic hydroxyl groups excluding tert-OH is 1. The Labute approximate surface area is 151 Å². The summed E-state index contributed by atoms with van der Waals surface area (Å²) in [5.74, 6) is 1.01. The predicted octanol–water partition coefficient (Wildman–Crippen LogP) is 3.39. The molecule has 1 unspecified atom stereocenters. The second-order valence-corrected chi connectivity index (χ2v) is 8.14. The third-order valence-electron chi connectivity index (χ3n) is 5.67. The lowest BCUT2D eigenvalue weighted by atomic mass is 9.95. The highest BCUT2D eigenvalue weighted by Gasteiger charge is 2.25. The quantitative estimate of drug-likeness (QED) is 0.910. The van der Waals surface area contributed by atoms with Gasteiger partial charge in [0, 0.05) is 24.7 Å². The minimum Gasteiger partial charge on any atom is -0.387 e. The van der Waals surface area contributed by atoms with Crippen LogP contribution >= 0.6 is 0 Å². The van der Waals surface area contributed by atoms with Crippen LogP contribution in [0.4, 0.5) is 5.69 Å². The monoisotopic (exact) mass is 344 g/mol. The van der Waals surface area contributed by atoms with E-state index in [4.69, 9.17) is 0 Å². The van der Waals surface area contributed by atoms with Crippen molar-refractivity contribution in [3.05, 3.63) is 29.3 Å². The molecule has 1 amide bonds. The first-order chi connectivity index (χ1) is 12.0. The lowest BCUT2D eigenvalue weighted by Crippen LogP contribution is -2.38. The fourth-order valence-electron chi connectivity index (χ4n) is 3.96. The molecule has 4 nitrogen and oxygen atoms in total. The number of benzene rings is 1. The van der Waals surface area contributed by atoms with Crippen molar-refractivity contribution in [3.8, 4) is 0 Å². The van der Waals surface area contributed by atoms with Crippen LogP contribution in [0.2, 0.25) is 0 Å². The second kappa shape index (κ2) is 7.88. The topological polar surface area (TPSA) is 43.8 Å². The number of piperidine rings is 1. The maximum atomic E-state index is 12.4. The van der Waals surface area contributed by atoms with Crippen LogP contribution in [-0.2, 0) is 11.2 Å². The molecule has 25 heavy (non-hydrogen) atoms. The van der Waals surface area contributed by atoms with Gasteiger partial charge in [0.2, 0.25) is 5.91 Å². The molecule has 2 aliphatic rings. The predicted molar refractivity (Wildman–Crippen MR) is 102 cm³/mol. The van der Waals surface area contributed by atoms with E-state index in [-0.39, 0.29) is 11.8 Å². The van der Waals surface area contributed by atoms with E-state index < -0.39 is 6.10 Å². The van der Waals surface area contributed by atoms with Gasteiger partial charge in [0.1, 0.15) is 0 Å². The Bertz CT molecular complexity index is 606. The maximum absolute atomic E-state index is 12.4. The van der Waals surface area contributed by atoms with Crippen molar-refractivity contribution in [1.82, 2.24) is 4.90 Å². The number of aryl methyl sites for hydroxylation is 1. The molecule has 1 aromatic carbocycles.